The molecule has 0 amide bonds. The SMILES string of the molecule is NC1(c2cccnc2)CCC(O)CC1. The third kappa shape index (κ3) is 1.79. The molecule has 1 aromatic rings. The lowest BCUT2D eigenvalue weighted by molar-refractivity contribution is 0.0968. The normalized spacial score (nSPS) is 32.9. The summed E-state index contributed by atoms with van der Waals surface area (Å²) in [5.74, 6) is 0. The van der Waals surface area contributed by atoms with Gasteiger partial charge in [-0.3, -0.25) is 4.98 Å². The van der Waals surface area contributed by atoms with Crippen molar-refractivity contribution in [2.75, 3.05) is 0 Å². The minimum absolute atomic E-state index is 0.164. The highest BCUT2D eigenvalue weighted by Crippen LogP contribution is 2.34. The van der Waals surface area contributed by atoms with E-state index >= 15 is 0 Å². The second kappa shape index (κ2) is 3.67. The summed E-state index contributed by atoms with van der Waals surface area (Å²) in [5, 5.41) is 9.42. The third-order valence-corrected chi connectivity index (χ3v) is 3.08. The zero-order valence-corrected chi connectivity index (χ0v) is 8.19. The van der Waals surface area contributed by atoms with Gasteiger partial charge < -0.3 is 10.8 Å². The van der Waals surface area contributed by atoms with Gasteiger partial charge in [0.2, 0.25) is 0 Å². The summed E-state index contributed by atoms with van der Waals surface area (Å²) in [4.78, 5) is 4.08. The maximum atomic E-state index is 9.42. The molecule has 14 heavy (non-hydrogen) atoms. The Morgan fingerprint density at radius 2 is 2.14 bits per heavy atom. The Bertz CT molecular complexity index is 291. The smallest absolute Gasteiger partial charge is 0.0541 e. The van der Waals surface area contributed by atoms with Gasteiger partial charge in [-0.1, -0.05) is 6.07 Å². The van der Waals surface area contributed by atoms with Crippen LogP contribution in [0.15, 0.2) is 24.5 Å². The summed E-state index contributed by atoms with van der Waals surface area (Å²) >= 11 is 0. The largest absolute Gasteiger partial charge is 0.393 e. The minimum atomic E-state index is -0.270. The number of hydrogen-bond acceptors (Lipinski definition) is 3. The van der Waals surface area contributed by atoms with Crippen LogP contribution in [-0.4, -0.2) is 16.2 Å². The van der Waals surface area contributed by atoms with E-state index in [1.54, 1.807) is 6.20 Å². The second-order valence-electron chi connectivity index (χ2n) is 4.13. The molecule has 2 rings (SSSR count). The quantitative estimate of drug-likeness (QED) is 0.702. The highest BCUT2D eigenvalue weighted by Gasteiger charge is 2.32. The number of aromatic nitrogens is 1. The molecule has 3 heteroatoms. The Balaban J connectivity index is 2.17. The van der Waals surface area contributed by atoms with Gasteiger partial charge in [0.25, 0.3) is 0 Å². The Morgan fingerprint density at radius 1 is 1.43 bits per heavy atom. The van der Waals surface area contributed by atoms with Crippen LogP contribution >= 0.6 is 0 Å². The predicted octanol–water partition coefficient (Wildman–Crippen LogP) is 1.17. The van der Waals surface area contributed by atoms with Crippen molar-refractivity contribution in [2.24, 2.45) is 5.73 Å². The average Bonchev–Trinajstić information content (AvgIpc) is 2.24. The minimum Gasteiger partial charge on any atom is -0.393 e. The van der Waals surface area contributed by atoms with Crippen molar-refractivity contribution in [2.45, 2.75) is 37.3 Å². The van der Waals surface area contributed by atoms with Gasteiger partial charge in [0.15, 0.2) is 0 Å². The van der Waals surface area contributed by atoms with E-state index in [2.05, 4.69) is 4.98 Å². The molecule has 0 spiro atoms. The summed E-state index contributed by atoms with van der Waals surface area (Å²) in [5.41, 5.74) is 7.11. The molecule has 0 radical (unpaired) electrons. The molecule has 0 bridgehead atoms. The van der Waals surface area contributed by atoms with Crippen LogP contribution in [0.25, 0.3) is 0 Å². The molecule has 76 valence electrons. The van der Waals surface area contributed by atoms with Gasteiger partial charge >= 0.3 is 0 Å². The predicted molar refractivity (Wildman–Crippen MR) is 54.6 cm³/mol. The van der Waals surface area contributed by atoms with Crippen LogP contribution in [0, 0.1) is 0 Å². The number of pyridine rings is 1. The van der Waals surface area contributed by atoms with Crippen molar-refractivity contribution < 1.29 is 5.11 Å². The number of hydrogen-bond donors (Lipinski definition) is 2. The lowest BCUT2D eigenvalue weighted by atomic mass is 9.77. The molecular formula is C11H16N2O. The molecule has 3 nitrogen and oxygen atoms in total. The highest BCUT2D eigenvalue weighted by atomic mass is 16.3. The first-order valence-corrected chi connectivity index (χ1v) is 5.08. The molecule has 1 fully saturated rings. The number of nitrogens with two attached hydrogens (primary N) is 1. The van der Waals surface area contributed by atoms with Gasteiger partial charge in [0, 0.05) is 17.9 Å². The monoisotopic (exact) mass is 192 g/mol. The number of aliphatic hydroxyl groups is 1. The standard InChI is InChI=1S/C11H16N2O/c12-11(5-3-10(14)4-6-11)9-2-1-7-13-8-9/h1-2,7-8,10,14H,3-6,12H2. The van der Waals surface area contributed by atoms with Gasteiger partial charge in [-0.15, -0.1) is 0 Å². The summed E-state index contributed by atoms with van der Waals surface area (Å²) in [6.07, 6.45) is 6.71. The molecular weight excluding hydrogens is 176 g/mol. The van der Waals surface area contributed by atoms with E-state index in [0.717, 1.165) is 31.2 Å². The first-order valence-electron chi connectivity index (χ1n) is 5.08. The fraction of sp³-hybridized carbons (Fsp3) is 0.545. The van der Waals surface area contributed by atoms with Gasteiger partial charge in [0.1, 0.15) is 0 Å². The van der Waals surface area contributed by atoms with Gasteiger partial charge in [-0.25, -0.2) is 0 Å². The first kappa shape index (κ1) is 9.62. The molecule has 0 unspecified atom stereocenters. The van der Waals surface area contributed by atoms with Crippen molar-refractivity contribution >= 4 is 0 Å². The Morgan fingerprint density at radius 3 is 2.71 bits per heavy atom. The molecule has 0 aliphatic heterocycles. The second-order valence-corrected chi connectivity index (χ2v) is 4.13. The van der Waals surface area contributed by atoms with Gasteiger partial charge in [-0.2, -0.15) is 0 Å². The van der Waals surface area contributed by atoms with Gasteiger partial charge in [0.05, 0.1) is 6.10 Å². The Hall–Kier alpha value is -0.930. The highest BCUT2D eigenvalue weighted by molar-refractivity contribution is 5.20. The fourth-order valence-corrected chi connectivity index (χ4v) is 2.06. The van der Waals surface area contributed by atoms with Crippen molar-refractivity contribution in [1.29, 1.82) is 0 Å². The molecule has 3 N–H and O–H groups in total. The van der Waals surface area contributed by atoms with Crippen LogP contribution in [0.3, 0.4) is 0 Å². The van der Waals surface area contributed by atoms with Crippen LogP contribution in [0.4, 0.5) is 0 Å². The van der Waals surface area contributed by atoms with Crippen molar-refractivity contribution in [3.05, 3.63) is 30.1 Å². The van der Waals surface area contributed by atoms with Crippen molar-refractivity contribution in [3.63, 3.8) is 0 Å². The van der Waals surface area contributed by atoms with Crippen LogP contribution in [0.5, 0.6) is 0 Å². The van der Waals surface area contributed by atoms with Crippen LogP contribution < -0.4 is 5.73 Å². The lowest BCUT2D eigenvalue weighted by Gasteiger charge is -2.35. The fourth-order valence-electron chi connectivity index (χ4n) is 2.06. The molecule has 1 heterocycles. The summed E-state index contributed by atoms with van der Waals surface area (Å²) in [7, 11) is 0. The zero-order chi connectivity index (χ0) is 10.0. The molecule has 0 saturated heterocycles. The van der Waals surface area contributed by atoms with E-state index in [4.69, 9.17) is 5.73 Å². The van der Waals surface area contributed by atoms with E-state index in [0.29, 0.717) is 0 Å². The molecule has 1 aliphatic rings. The molecule has 1 aromatic heterocycles. The molecule has 1 aliphatic carbocycles. The number of rotatable bonds is 1. The molecule has 0 aromatic carbocycles. The van der Waals surface area contributed by atoms with Crippen LogP contribution in [0.2, 0.25) is 0 Å². The molecule has 1 saturated carbocycles. The average molecular weight is 192 g/mol. The maximum absolute atomic E-state index is 9.42. The third-order valence-electron chi connectivity index (χ3n) is 3.08. The number of nitrogens with zero attached hydrogens (tertiary/aromatic N) is 1. The van der Waals surface area contributed by atoms with Crippen molar-refractivity contribution in [1.82, 2.24) is 4.98 Å². The molecule has 0 atom stereocenters. The van der Waals surface area contributed by atoms with E-state index in [9.17, 15) is 5.11 Å². The van der Waals surface area contributed by atoms with Gasteiger partial charge in [-0.05, 0) is 37.3 Å². The van der Waals surface area contributed by atoms with Crippen molar-refractivity contribution in [3.8, 4) is 0 Å². The summed E-state index contributed by atoms with van der Waals surface area (Å²) < 4.78 is 0. The van der Waals surface area contributed by atoms with Crippen LogP contribution in [0.1, 0.15) is 31.2 Å². The number of aliphatic hydroxyl groups excluding tert-OH is 1. The van der Waals surface area contributed by atoms with E-state index in [1.165, 1.54) is 0 Å². The van der Waals surface area contributed by atoms with E-state index in [-0.39, 0.29) is 11.6 Å². The topological polar surface area (TPSA) is 59.1 Å². The summed E-state index contributed by atoms with van der Waals surface area (Å²) in [6, 6.07) is 3.93. The van der Waals surface area contributed by atoms with E-state index < -0.39 is 0 Å². The maximum Gasteiger partial charge on any atom is 0.0541 e. The van der Waals surface area contributed by atoms with Crippen LogP contribution in [-0.2, 0) is 5.54 Å². The Labute approximate surface area is 84.0 Å². The zero-order valence-electron chi connectivity index (χ0n) is 8.19. The van der Waals surface area contributed by atoms with E-state index in [1.807, 2.05) is 18.3 Å². The first-order chi connectivity index (χ1) is 6.71. The Kier molecular flexibility index (Phi) is 2.52. The summed E-state index contributed by atoms with van der Waals surface area (Å²) in [6.45, 7) is 0. The lowest BCUT2D eigenvalue weighted by Crippen LogP contribution is -2.41.